The van der Waals surface area contributed by atoms with Crippen molar-refractivity contribution in [3.63, 3.8) is 0 Å². The zero-order chi connectivity index (χ0) is 10.8. The third-order valence-corrected chi connectivity index (χ3v) is 3.45. The fourth-order valence-corrected chi connectivity index (χ4v) is 2.41. The topological polar surface area (TPSA) is 16.1 Å². The molecule has 0 saturated carbocycles. The van der Waals surface area contributed by atoms with Crippen molar-refractivity contribution in [1.82, 2.24) is 9.88 Å². The number of hydrogen-bond acceptors (Lipinski definition) is 2. The molecular weight excluding hydrogens is 184 g/mol. The Morgan fingerprint density at radius 1 is 1.53 bits per heavy atom. The predicted octanol–water partition coefficient (Wildman–Crippen LogP) is 2.66. The minimum absolute atomic E-state index is 0.655. The molecule has 0 saturated heterocycles. The summed E-state index contributed by atoms with van der Waals surface area (Å²) in [7, 11) is 0. The molecule has 2 rings (SSSR count). The minimum Gasteiger partial charge on any atom is -0.299 e. The van der Waals surface area contributed by atoms with E-state index in [-0.39, 0.29) is 0 Å². The van der Waals surface area contributed by atoms with E-state index in [9.17, 15) is 0 Å². The summed E-state index contributed by atoms with van der Waals surface area (Å²) in [4.78, 5) is 6.78. The maximum atomic E-state index is 4.26. The molecule has 1 aliphatic heterocycles. The first-order valence-corrected chi connectivity index (χ1v) is 5.87. The van der Waals surface area contributed by atoms with Crippen molar-refractivity contribution in [2.24, 2.45) is 5.92 Å². The number of pyridine rings is 1. The molecule has 1 aliphatic rings. The Hall–Kier alpha value is -0.890. The second-order valence-electron chi connectivity index (χ2n) is 4.75. The molecule has 0 aliphatic carbocycles. The van der Waals surface area contributed by atoms with E-state index in [1.165, 1.54) is 17.7 Å². The van der Waals surface area contributed by atoms with E-state index < -0.39 is 0 Å². The average Bonchev–Trinajstić information content (AvgIpc) is 2.27. The Labute approximate surface area is 92.3 Å². The van der Waals surface area contributed by atoms with Crippen LogP contribution >= 0.6 is 0 Å². The van der Waals surface area contributed by atoms with Gasteiger partial charge < -0.3 is 0 Å². The van der Waals surface area contributed by atoms with Gasteiger partial charge in [0.2, 0.25) is 0 Å². The monoisotopic (exact) mass is 204 g/mol. The lowest BCUT2D eigenvalue weighted by atomic mass is 9.83. The van der Waals surface area contributed by atoms with Gasteiger partial charge in [-0.1, -0.05) is 20.8 Å². The minimum atomic E-state index is 0.655. The molecule has 1 aromatic rings. The molecule has 82 valence electrons. The normalized spacial score (nSPS) is 21.7. The van der Waals surface area contributed by atoms with Crippen molar-refractivity contribution in [1.29, 1.82) is 0 Å². The number of likely N-dealkylation sites (N-methyl/N-ethyl adjacent to an activating group) is 1. The summed E-state index contributed by atoms with van der Waals surface area (Å²) < 4.78 is 0. The van der Waals surface area contributed by atoms with Gasteiger partial charge in [0.15, 0.2) is 0 Å². The molecular formula is C13H20N2. The van der Waals surface area contributed by atoms with Gasteiger partial charge in [0.05, 0.1) is 0 Å². The number of fused-ring (bicyclic) bond motifs is 1. The average molecular weight is 204 g/mol. The first-order valence-electron chi connectivity index (χ1n) is 5.87. The Kier molecular flexibility index (Phi) is 3.06. The number of hydrogen-bond donors (Lipinski definition) is 0. The first-order chi connectivity index (χ1) is 7.22. The summed E-state index contributed by atoms with van der Waals surface area (Å²) in [5, 5.41) is 0. The van der Waals surface area contributed by atoms with Crippen LogP contribution < -0.4 is 0 Å². The van der Waals surface area contributed by atoms with Crippen LogP contribution in [0, 0.1) is 5.92 Å². The molecule has 0 radical (unpaired) electrons. The van der Waals surface area contributed by atoms with Gasteiger partial charge in [-0.3, -0.25) is 9.88 Å². The Morgan fingerprint density at radius 3 is 3.00 bits per heavy atom. The van der Waals surface area contributed by atoms with Crippen LogP contribution in [-0.2, 0) is 6.54 Å². The lowest BCUT2D eigenvalue weighted by Gasteiger charge is -2.35. The Bertz CT molecular complexity index is 333. The smallest absolute Gasteiger partial charge is 0.0306 e. The number of nitrogens with zero attached hydrogens (tertiary/aromatic N) is 2. The van der Waals surface area contributed by atoms with Crippen molar-refractivity contribution in [2.45, 2.75) is 33.2 Å². The predicted molar refractivity (Wildman–Crippen MR) is 62.8 cm³/mol. The molecule has 1 atom stereocenters. The summed E-state index contributed by atoms with van der Waals surface area (Å²) >= 11 is 0. The van der Waals surface area contributed by atoms with E-state index in [2.05, 4.69) is 42.9 Å². The quantitative estimate of drug-likeness (QED) is 0.736. The van der Waals surface area contributed by atoms with Gasteiger partial charge in [-0.2, -0.15) is 0 Å². The zero-order valence-electron chi connectivity index (χ0n) is 9.90. The number of aromatic nitrogens is 1. The maximum absolute atomic E-state index is 4.26. The third kappa shape index (κ3) is 2.05. The summed E-state index contributed by atoms with van der Waals surface area (Å²) in [5.41, 5.74) is 2.94. The van der Waals surface area contributed by atoms with Crippen LogP contribution in [0.5, 0.6) is 0 Å². The van der Waals surface area contributed by atoms with Crippen LogP contribution in [0.4, 0.5) is 0 Å². The fourth-order valence-electron chi connectivity index (χ4n) is 2.41. The van der Waals surface area contributed by atoms with Gasteiger partial charge in [0.25, 0.3) is 0 Å². The van der Waals surface area contributed by atoms with E-state index >= 15 is 0 Å². The largest absolute Gasteiger partial charge is 0.299 e. The fraction of sp³-hybridized carbons (Fsp3) is 0.615. The summed E-state index contributed by atoms with van der Waals surface area (Å²) in [6.45, 7) is 10.3. The van der Waals surface area contributed by atoms with Crippen molar-refractivity contribution in [2.75, 3.05) is 13.1 Å². The molecule has 1 aromatic heterocycles. The second kappa shape index (κ2) is 4.31. The SMILES string of the molecule is CCN1Cc2ccncc2C(C(C)C)C1. The van der Waals surface area contributed by atoms with Gasteiger partial charge in [0.1, 0.15) is 0 Å². The highest BCUT2D eigenvalue weighted by Gasteiger charge is 2.26. The maximum Gasteiger partial charge on any atom is 0.0306 e. The van der Waals surface area contributed by atoms with Crippen molar-refractivity contribution < 1.29 is 0 Å². The van der Waals surface area contributed by atoms with Crippen LogP contribution in [0.1, 0.15) is 37.8 Å². The summed E-state index contributed by atoms with van der Waals surface area (Å²) in [6, 6.07) is 2.17. The summed E-state index contributed by atoms with van der Waals surface area (Å²) in [6.07, 6.45) is 3.97. The molecule has 15 heavy (non-hydrogen) atoms. The highest BCUT2D eigenvalue weighted by Crippen LogP contribution is 2.32. The van der Waals surface area contributed by atoms with Crippen molar-refractivity contribution in [3.8, 4) is 0 Å². The van der Waals surface area contributed by atoms with Crippen molar-refractivity contribution in [3.05, 3.63) is 29.6 Å². The first kappa shape index (κ1) is 10.6. The molecule has 0 fully saturated rings. The van der Waals surface area contributed by atoms with Gasteiger partial charge in [-0.25, -0.2) is 0 Å². The molecule has 0 bridgehead atoms. The highest BCUT2D eigenvalue weighted by atomic mass is 15.1. The molecule has 2 nitrogen and oxygen atoms in total. The third-order valence-electron chi connectivity index (χ3n) is 3.45. The standard InChI is InChI=1S/C13H20N2/c1-4-15-8-11-5-6-14-7-12(11)13(9-15)10(2)3/h5-7,10,13H,4,8-9H2,1-3H3. The van der Waals surface area contributed by atoms with Crippen LogP contribution in [0.3, 0.4) is 0 Å². The number of rotatable bonds is 2. The van der Waals surface area contributed by atoms with E-state index in [0.717, 1.165) is 13.1 Å². The van der Waals surface area contributed by atoms with E-state index in [0.29, 0.717) is 11.8 Å². The zero-order valence-corrected chi connectivity index (χ0v) is 9.90. The molecule has 0 amide bonds. The lowest BCUT2D eigenvalue weighted by Crippen LogP contribution is -2.35. The Balaban J connectivity index is 2.34. The van der Waals surface area contributed by atoms with E-state index in [1.54, 1.807) is 0 Å². The van der Waals surface area contributed by atoms with Gasteiger partial charge in [0, 0.05) is 31.4 Å². The van der Waals surface area contributed by atoms with Crippen LogP contribution in [-0.4, -0.2) is 23.0 Å². The lowest BCUT2D eigenvalue weighted by molar-refractivity contribution is 0.219. The highest BCUT2D eigenvalue weighted by molar-refractivity contribution is 5.30. The van der Waals surface area contributed by atoms with Crippen LogP contribution in [0.25, 0.3) is 0 Å². The van der Waals surface area contributed by atoms with Crippen molar-refractivity contribution >= 4 is 0 Å². The molecule has 0 spiro atoms. The van der Waals surface area contributed by atoms with Gasteiger partial charge in [-0.05, 0) is 29.7 Å². The van der Waals surface area contributed by atoms with Gasteiger partial charge >= 0.3 is 0 Å². The Morgan fingerprint density at radius 2 is 2.33 bits per heavy atom. The summed E-state index contributed by atoms with van der Waals surface area (Å²) in [5.74, 6) is 1.35. The van der Waals surface area contributed by atoms with E-state index in [1.807, 2.05) is 6.20 Å². The van der Waals surface area contributed by atoms with Crippen LogP contribution in [0.15, 0.2) is 18.5 Å². The molecule has 0 N–H and O–H groups in total. The molecule has 0 aromatic carbocycles. The second-order valence-corrected chi connectivity index (χ2v) is 4.75. The van der Waals surface area contributed by atoms with Gasteiger partial charge in [-0.15, -0.1) is 0 Å². The van der Waals surface area contributed by atoms with E-state index in [4.69, 9.17) is 0 Å². The van der Waals surface area contributed by atoms with Crippen LogP contribution in [0.2, 0.25) is 0 Å². The molecule has 2 heterocycles. The molecule has 2 heteroatoms. The molecule has 1 unspecified atom stereocenters.